The van der Waals surface area contributed by atoms with Gasteiger partial charge in [-0.3, -0.25) is 4.98 Å². The molecule has 1 aromatic heterocycles. The molecule has 0 amide bonds. The van der Waals surface area contributed by atoms with E-state index in [9.17, 15) is 5.11 Å². The van der Waals surface area contributed by atoms with Gasteiger partial charge in [0.1, 0.15) is 0 Å². The Morgan fingerprint density at radius 1 is 1.25 bits per heavy atom. The molecule has 1 saturated carbocycles. The van der Waals surface area contributed by atoms with Crippen LogP contribution in [0.15, 0.2) is 24.4 Å². The van der Waals surface area contributed by atoms with Gasteiger partial charge < -0.3 is 9.84 Å². The molecule has 1 fully saturated rings. The fraction of sp³-hybridized carbons (Fsp3) is 0.615. The van der Waals surface area contributed by atoms with Gasteiger partial charge in [0.15, 0.2) is 0 Å². The fourth-order valence-electron chi connectivity index (χ4n) is 2.09. The zero-order valence-corrected chi connectivity index (χ0v) is 9.51. The summed E-state index contributed by atoms with van der Waals surface area (Å²) in [5.41, 5.74) is 1.08. The summed E-state index contributed by atoms with van der Waals surface area (Å²) in [5, 5.41) is 9.36. The molecule has 1 aromatic rings. The van der Waals surface area contributed by atoms with E-state index in [1.165, 1.54) is 0 Å². The molecule has 1 heterocycles. The topological polar surface area (TPSA) is 42.4 Å². The summed E-state index contributed by atoms with van der Waals surface area (Å²) in [6.07, 6.45) is 6.67. The third-order valence-electron chi connectivity index (χ3n) is 3.08. The highest BCUT2D eigenvalue weighted by Crippen LogP contribution is 2.20. The van der Waals surface area contributed by atoms with Crippen LogP contribution in [0.4, 0.5) is 0 Å². The molecule has 0 aliphatic heterocycles. The molecule has 0 unspecified atom stereocenters. The van der Waals surface area contributed by atoms with E-state index in [0.29, 0.717) is 6.10 Å². The van der Waals surface area contributed by atoms with E-state index in [4.69, 9.17) is 4.74 Å². The molecule has 0 atom stereocenters. The van der Waals surface area contributed by atoms with Crippen molar-refractivity contribution in [2.24, 2.45) is 0 Å². The molecule has 0 radical (unpaired) electrons. The minimum Gasteiger partial charge on any atom is -0.393 e. The average molecular weight is 221 g/mol. The van der Waals surface area contributed by atoms with Crippen LogP contribution < -0.4 is 0 Å². The van der Waals surface area contributed by atoms with Crippen LogP contribution >= 0.6 is 0 Å². The number of hydrogen-bond acceptors (Lipinski definition) is 3. The van der Waals surface area contributed by atoms with Gasteiger partial charge in [-0.1, -0.05) is 6.07 Å². The Morgan fingerprint density at radius 3 is 2.75 bits per heavy atom. The Balaban J connectivity index is 1.65. The summed E-state index contributed by atoms with van der Waals surface area (Å²) in [5.74, 6) is 0. The fourth-order valence-corrected chi connectivity index (χ4v) is 2.09. The van der Waals surface area contributed by atoms with E-state index < -0.39 is 0 Å². The number of hydrogen-bond donors (Lipinski definition) is 1. The molecule has 88 valence electrons. The van der Waals surface area contributed by atoms with Gasteiger partial charge in [0.05, 0.1) is 18.8 Å². The highest BCUT2D eigenvalue weighted by Gasteiger charge is 2.19. The van der Waals surface area contributed by atoms with Gasteiger partial charge in [-0.05, 0) is 37.8 Å². The van der Waals surface area contributed by atoms with E-state index in [0.717, 1.165) is 44.4 Å². The Labute approximate surface area is 96.5 Å². The van der Waals surface area contributed by atoms with Crippen molar-refractivity contribution in [2.45, 2.75) is 44.3 Å². The average Bonchev–Trinajstić information content (AvgIpc) is 2.33. The molecule has 0 aromatic carbocycles. The van der Waals surface area contributed by atoms with Gasteiger partial charge >= 0.3 is 0 Å². The molecule has 0 bridgehead atoms. The Kier molecular flexibility index (Phi) is 4.31. The number of rotatable bonds is 4. The predicted octanol–water partition coefficient (Wildman–Crippen LogP) is 1.94. The quantitative estimate of drug-likeness (QED) is 0.845. The van der Waals surface area contributed by atoms with Gasteiger partial charge in [-0.2, -0.15) is 0 Å². The first-order valence-electron chi connectivity index (χ1n) is 6.04. The van der Waals surface area contributed by atoms with Crippen LogP contribution in [-0.4, -0.2) is 28.9 Å². The highest BCUT2D eigenvalue weighted by molar-refractivity contribution is 5.03. The number of ether oxygens (including phenoxy) is 1. The standard InChI is InChI=1S/C13H19NO2/c15-12-4-6-13(7-5-12)16-10-8-11-3-1-2-9-14-11/h1-3,9,12-13,15H,4-8,10H2. The molecule has 3 heteroatoms. The van der Waals surface area contributed by atoms with E-state index in [1.807, 2.05) is 24.4 Å². The van der Waals surface area contributed by atoms with Crippen LogP contribution in [0.2, 0.25) is 0 Å². The van der Waals surface area contributed by atoms with Crippen molar-refractivity contribution in [3.8, 4) is 0 Å². The predicted molar refractivity (Wildman–Crippen MR) is 62.2 cm³/mol. The third kappa shape index (κ3) is 3.58. The summed E-state index contributed by atoms with van der Waals surface area (Å²) in [4.78, 5) is 4.25. The summed E-state index contributed by atoms with van der Waals surface area (Å²) in [7, 11) is 0. The molecule has 3 nitrogen and oxygen atoms in total. The monoisotopic (exact) mass is 221 g/mol. The van der Waals surface area contributed by atoms with E-state index in [2.05, 4.69) is 4.98 Å². The van der Waals surface area contributed by atoms with Crippen LogP contribution in [0.1, 0.15) is 31.4 Å². The summed E-state index contributed by atoms with van der Waals surface area (Å²) in [6, 6.07) is 5.94. The van der Waals surface area contributed by atoms with Crippen LogP contribution in [-0.2, 0) is 11.2 Å². The van der Waals surface area contributed by atoms with Crippen molar-refractivity contribution < 1.29 is 9.84 Å². The van der Waals surface area contributed by atoms with Crippen molar-refractivity contribution in [1.82, 2.24) is 4.98 Å². The van der Waals surface area contributed by atoms with E-state index in [-0.39, 0.29) is 6.10 Å². The summed E-state index contributed by atoms with van der Waals surface area (Å²) < 4.78 is 5.78. The molecule has 0 spiro atoms. The number of aromatic nitrogens is 1. The Bertz CT molecular complexity index is 294. The molecule has 1 N–H and O–H groups in total. The van der Waals surface area contributed by atoms with Crippen molar-refractivity contribution in [3.63, 3.8) is 0 Å². The first kappa shape index (κ1) is 11.6. The zero-order valence-electron chi connectivity index (χ0n) is 9.51. The second kappa shape index (κ2) is 5.97. The largest absolute Gasteiger partial charge is 0.393 e. The maximum absolute atomic E-state index is 9.36. The van der Waals surface area contributed by atoms with Crippen LogP contribution in [0.3, 0.4) is 0 Å². The second-order valence-electron chi connectivity index (χ2n) is 4.37. The van der Waals surface area contributed by atoms with Crippen LogP contribution in [0, 0.1) is 0 Å². The van der Waals surface area contributed by atoms with Gasteiger partial charge in [0, 0.05) is 18.3 Å². The van der Waals surface area contributed by atoms with Crippen LogP contribution in [0.25, 0.3) is 0 Å². The van der Waals surface area contributed by atoms with Gasteiger partial charge in [-0.25, -0.2) is 0 Å². The van der Waals surface area contributed by atoms with Gasteiger partial charge in [-0.15, -0.1) is 0 Å². The highest BCUT2D eigenvalue weighted by atomic mass is 16.5. The minimum absolute atomic E-state index is 0.101. The van der Waals surface area contributed by atoms with E-state index >= 15 is 0 Å². The lowest BCUT2D eigenvalue weighted by atomic mass is 9.95. The smallest absolute Gasteiger partial charge is 0.0577 e. The number of aliphatic hydroxyl groups excluding tert-OH is 1. The van der Waals surface area contributed by atoms with Gasteiger partial charge in [0.25, 0.3) is 0 Å². The Hall–Kier alpha value is -0.930. The minimum atomic E-state index is -0.101. The van der Waals surface area contributed by atoms with Crippen molar-refractivity contribution in [2.75, 3.05) is 6.61 Å². The molecule has 0 saturated heterocycles. The number of pyridine rings is 1. The second-order valence-corrected chi connectivity index (χ2v) is 4.37. The molecular weight excluding hydrogens is 202 g/mol. The maximum atomic E-state index is 9.36. The number of aliphatic hydroxyl groups is 1. The number of nitrogens with zero attached hydrogens (tertiary/aromatic N) is 1. The summed E-state index contributed by atoms with van der Waals surface area (Å²) >= 11 is 0. The lowest BCUT2D eigenvalue weighted by molar-refractivity contribution is -0.00201. The van der Waals surface area contributed by atoms with Crippen LogP contribution in [0.5, 0.6) is 0 Å². The Morgan fingerprint density at radius 2 is 2.06 bits per heavy atom. The first-order chi connectivity index (χ1) is 7.84. The normalized spacial score (nSPS) is 25.6. The molecule has 1 aliphatic carbocycles. The molecule has 1 aliphatic rings. The third-order valence-corrected chi connectivity index (χ3v) is 3.08. The van der Waals surface area contributed by atoms with Gasteiger partial charge in [0.2, 0.25) is 0 Å². The lowest BCUT2D eigenvalue weighted by Crippen LogP contribution is -2.25. The lowest BCUT2D eigenvalue weighted by Gasteiger charge is -2.25. The SMILES string of the molecule is OC1CCC(OCCc2ccccn2)CC1. The van der Waals surface area contributed by atoms with E-state index in [1.54, 1.807) is 0 Å². The van der Waals surface area contributed by atoms with Crippen molar-refractivity contribution >= 4 is 0 Å². The van der Waals surface area contributed by atoms with Crippen molar-refractivity contribution in [3.05, 3.63) is 30.1 Å². The first-order valence-corrected chi connectivity index (χ1v) is 6.04. The van der Waals surface area contributed by atoms with Crippen molar-refractivity contribution in [1.29, 1.82) is 0 Å². The maximum Gasteiger partial charge on any atom is 0.0577 e. The molecular formula is C13H19NO2. The molecule has 16 heavy (non-hydrogen) atoms. The summed E-state index contributed by atoms with van der Waals surface area (Å²) in [6.45, 7) is 0.734. The molecule has 2 rings (SSSR count). The zero-order chi connectivity index (χ0) is 11.2.